The monoisotopic (exact) mass is 348 g/mol. The quantitative estimate of drug-likeness (QED) is 0.866. The van der Waals surface area contributed by atoms with Gasteiger partial charge < -0.3 is 10.2 Å². The van der Waals surface area contributed by atoms with Gasteiger partial charge in [0.15, 0.2) is 0 Å². The van der Waals surface area contributed by atoms with Crippen molar-refractivity contribution in [2.75, 3.05) is 18.5 Å². The third kappa shape index (κ3) is 2.91. The number of nitrogens with one attached hydrogen (secondary N) is 1. The number of benzene rings is 1. The van der Waals surface area contributed by atoms with Crippen LogP contribution < -0.4 is 10.2 Å². The van der Waals surface area contributed by atoms with E-state index in [4.69, 9.17) is 11.6 Å². The van der Waals surface area contributed by atoms with Gasteiger partial charge in [-0.25, -0.2) is 4.39 Å². The van der Waals surface area contributed by atoms with Crippen LogP contribution in [0.15, 0.2) is 16.6 Å². The van der Waals surface area contributed by atoms with Crippen molar-refractivity contribution < 1.29 is 4.39 Å². The van der Waals surface area contributed by atoms with E-state index >= 15 is 0 Å². The number of halogens is 3. The van der Waals surface area contributed by atoms with E-state index in [0.717, 1.165) is 23.1 Å². The largest absolute Gasteiger partial charge is 0.366 e. The number of rotatable bonds is 2. The van der Waals surface area contributed by atoms with Crippen LogP contribution in [0.2, 0.25) is 5.02 Å². The SMILES string of the molecule is CNC1CCN(c2c(Cl)cc(F)cc2Br)C(C)C1C. The number of anilines is 1. The lowest BCUT2D eigenvalue weighted by Crippen LogP contribution is -2.53. The van der Waals surface area contributed by atoms with E-state index in [1.54, 1.807) is 0 Å². The molecule has 106 valence electrons. The molecule has 3 unspecified atom stereocenters. The third-order valence-electron chi connectivity index (χ3n) is 4.21. The zero-order valence-corrected chi connectivity index (χ0v) is 13.7. The Morgan fingerprint density at radius 3 is 2.68 bits per heavy atom. The molecule has 1 aromatic carbocycles. The molecule has 0 amide bonds. The molecule has 1 heterocycles. The fraction of sp³-hybridized carbons (Fsp3) is 0.571. The van der Waals surface area contributed by atoms with Crippen molar-refractivity contribution in [2.24, 2.45) is 5.92 Å². The van der Waals surface area contributed by atoms with Gasteiger partial charge in [0.2, 0.25) is 0 Å². The molecule has 0 aliphatic carbocycles. The van der Waals surface area contributed by atoms with Gasteiger partial charge in [-0.1, -0.05) is 18.5 Å². The minimum absolute atomic E-state index is 0.313. The molecular weight excluding hydrogens is 331 g/mol. The second kappa shape index (κ2) is 5.98. The molecule has 1 fully saturated rings. The Labute approximate surface area is 127 Å². The van der Waals surface area contributed by atoms with Gasteiger partial charge in [-0.05, 0) is 54.4 Å². The summed E-state index contributed by atoms with van der Waals surface area (Å²) in [7, 11) is 2.00. The summed E-state index contributed by atoms with van der Waals surface area (Å²) in [6.07, 6.45) is 1.06. The first-order valence-electron chi connectivity index (χ1n) is 6.54. The smallest absolute Gasteiger partial charge is 0.125 e. The Kier molecular flexibility index (Phi) is 4.75. The van der Waals surface area contributed by atoms with Crippen LogP contribution in [0.4, 0.5) is 10.1 Å². The molecule has 1 aliphatic heterocycles. The van der Waals surface area contributed by atoms with Crippen LogP contribution in [0.1, 0.15) is 20.3 Å². The van der Waals surface area contributed by atoms with E-state index in [-0.39, 0.29) is 5.82 Å². The van der Waals surface area contributed by atoms with Crippen LogP contribution in [0, 0.1) is 11.7 Å². The van der Waals surface area contributed by atoms with E-state index in [9.17, 15) is 4.39 Å². The fourth-order valence-electron chi connectivity index (χ4n) is 2.90. The van der Waals surface area contributed by atoms with Gasteiger partial charge in [0.05, 0.1) is 10.7 Å². The summed E-state index contributed by atoms with van der Waals surface area (Å²) >= 11 is 9.66. The minimum Gasteiger partial charge on any atom is -0.366 e. The molecule has 1 N–H and O–H groups in total. The molecule has 2 nitrogen and oxygen atoms in total. The van der Waals surface area contributed by atoms with Gasteiger partial charge in [-0.2, -0.15) is 0 Å². The molecule has 3 atom stereocenters. The molecule has 1 aliphatic rings. The summed E-state index contributed by atoms with van der Waals surface area (Å²) in [5.41, 5.74) is 0.900. The molecule has 0 bridgehead atoms. The highest BCUT2D eigenvalue weighted by atomic mass is 79.9. The van der Waals surface area contributed by atoms with E-state index in [1.165, 1.54) is 12.1 Å². The molecule has 19 heavy (non-hydrogen) atoms. The molecular formula is C14H19BrClFN2. The van der Waals surface area contributed by atoms with Gasteiger partial charge in [0.1, 0.15) is 5.82 Å². The third-order valence-corrected chi connectivity index (χ3v) is 5.10. The predicted molar refractivity (Wildman–Crippen MR) is 82.5 cm³/mol. The van der Waals surface area contributed by atoms with Crippen LogP contribution in [-0.2, 0) is 0 Å². The van der Waals surface area contributed by atoms with Crippen molar-refractivity contribution >= 4 is 33.2 Å². The molecule has 1 saturated heterocycles. The lowest BCUT2D eigenvalue weighted by molar-refractivity contribution is 0.282. The van der Waals surface area contributed by atoms with Crippen molar-refractivity contribution in [1.82, 2.24) is 5.32 Å². The Hall–Kier alpha value is -0.320. The summed E-state index contributed by atoms with van der Waals surface area (Å²) in [4.78, 5) is 2.27. The van der Waals surface area contributed by atoms with Gasteiger partial charge in [-0.15, -0.1) is 0 Å². The van der Waals surface area contributed by atoms with Crippen LogP contribution in [-0.4, -0.2) is 25.7 Å². The number of hydrogen-bond donors (Lipinski definition) is 1. The van der Waals surface area contributed by atoms with Crippen LogP contribution in [0.5, 0.6) is 0 Å². The number of nitrogens with zero attached hydrogens (tertiary/aromatic N) is 1. The highest BCUT2D eigenvalue weighted by Crippen LogP contribution is 2.39. The fourth-order valence-corrected chi connectivity index (χ4v) is 3.99. The highest BCUT2D eigenvalue weighted by Gasteiger charge is 2.33. The lowest BCUT2D eigenvalue weighted by atomic mass is 9.87. The van der Waals surface area contributed by atoms with Crippen LogP contribution in [0.3, 0.4) is 0 Å². The first-order chi connectivity index (χ1) is 8.95. The Balaban J connectivity index is 2.33. The van der Waals surface area contributed by atoms with Crippen molar-refractivity contribution in [3.8, 4) is 0 Å². The van der Waals surface area contributed by atoms with Gasteiger partial charge in [-0.3, -0.25) is 0 Å². The van der Waals surface area contributed by atoms with Crippen molar-refractivity contribution in [1.29, 1.82) is 0 Å². The molecule has 2 rings (SSSR count). The second-order valence-corrected chi connectivity index (χ2v) is 6.46. The molecule has 0 aromatic heterocycles. The lowest BCUT2D eigenvalue weighted by Gasteiger charge is -2.44. The van der Waals surface area contributed by atoms with E-state index in [1.807, 2.05) is 7.05 Å². The summed E-state index contributed by atoms with van der Waals surface area (Å²) in [5.74, 6) is 0.193. The van der Waals surface area contributed by atoms with Gasteiger partial charge >= 0.3 is 0 Å². The topological polar surface area (TPSA) is 15.3 Å². The molecule has 0 spiro atoms. The van der Waals surface area contributed by atoms with Crippen molar-refractivity contribution in [3.05, 3.63) is 27.4 Å². The number of hydrogen-bond acceptors (Lipinski definition) is 2. The van der Waals surface area contributed by atoms with E-state index < -0.39 is 0 Å². The molecule has 5 heteroatoms. The van der Waals surface area contributed by atoms with Crippen LogP contribution in [0.25, 0.3) is 0 Å². The van der Waals surface area contributed by atoms with E-state index in [2.05, 4.69) is 40.0 Å². The number of piperidine rings is 1. The zero-order chi connectivity index (χ0) is 14.2. The first kappa shape index (κ1) is 15.1. The zero-order valence-electron chi connectivity index (χ0n) is 11.4. The van der Waals surface area contributed by atoms with Gasteiger partial charge in [0, 0.05) is 23.1 Å². The molecule has 1 aromatic rings. The normalized spacial score (nSPS) is 27.7. The van der Waals surface area contributed by atoms with Gasteiger partial charge in [0.25, 0.3) is 0 Å². The average Bonchev–Trinajstić information content (AvgIpc) is 2.33. The maximum Gasteiger partial charge on any atom is 0.125 e. The summed E-state index contributed by atoms with van der Waals surface area (Å²) in [5, 5.41) is 3.83. The molecule has 0 radical (unpaired) electrons. The van der Waals surface area contributed by atoms with Crippen LogP contribution >= 0.6 is 27.5 Å². The predicted octanol–water partition coefficient (Wildman–Crippen LogP) is 4.06. The Bertz CT molecular complexity index is 446. The summed E-state index contributed by atoms with van der Waals surface area (Å²) < 4.78 is 14.0. The maximum atomic E-state index is 13.3. The van der Waals surface area contributed by atoms with Crippen molar-refractivity contribution in [2.45, 2.75) is 32.4 Å². The van der Waals surface area contributed by atoms with Crippen molar-refractivity contribution in [3.63, 3.8) is 0 Å². The summed E-state index contributed by atoms with van der Waals surface area (Å²) in [6.45, 7) is 5.35. The highest BCUT2D eigenvalue weighted by molar-refractivity contribution is 9.10. The summed E-state index contributed by atoms with van der Waals surface area (Å²) in [6, 6.07) is 3.72. The standard InChI is InChI=1S/C14H19BrClFN2/c1-8-9(2)19(5-4-13(8)18-3)14-11(15)6-10(17)7-12(14)16/h6-9,13,18H,4-5H2,1-3H3. The first-order valence-corrected chi connectivity index (χ1v) is 7.71. The second-order valence-electron chi connectivity index (χ2n) is 5.19. The molecule has 0 saturated carbocycles. The maximum absolute atomic E-state index is 13.3. The minimum atomic E-state index is -0.313. The Morgan fingerprint density at radius 2 is 2.11 bits per heavy atom. The van der Waals surface area contributed by atoms with E-state index in [0.29, 0.717) is 23.0 Å². The average molecular weight is 350 g/mol. The Morgan fingerprint density at radius 1 is 1.42 bits per heavy atom.